The van der Waals surface area contributed by atoms with Crippen LogP contribution >= 0.6 is 0 Å². The number of ether oxygens (including phenoxy) is 1. The number of hydrogen-bond donors (Lipinski definition) is 2. The number of carbonyl (C=O) groups excluding carboxylic acids is 1. The molecule has 0 aromatic carbocycles. The summed E-state index contributed by atoms with van der Waals surface area (Å²) < 4.78 is 31.6. The first-order valence-electron chi connectivity index (χ1n) is 7.57. The number of methoxy groups -OCH3 is 1. The molecule has 0 unspecified atom stereocenters. The first kappa shape index (κ1) is 18.9. The van der Waals surface area contributed by atoms with E-state index in [0.717, 1.165) is 19.3 Å². The second-order valence-electron chi connectivity index (χ2n) is 5.89. The molecule has 0 aliphatic heterocycles. The highest BCUT2D eigenvalue weighted by molar-refractivity contribution is 7.89. The molecule has 0 bridgehead atoms. The van der Waals surface area contributed by atoms with Gasteiger partial charge in [-0.25, -0.2) is 13.1 Å². The maximum Gasteiger partial charge on any atom is 0.321 e. The number of unbranched alkanes of at least 4 members (excludes halogenated alkanes) is 1. The Morgan fingerprint density at radius 3 is 2.36 bits per heavy atom. The highest BCUT2D eigenvalue weighted by Crippen LogP contribution is 2.40. The molecule has 7 nitrogen and oxygen atoms in total. The van der Waals surface area contributed by atoms with E-state index >= 15 is 0 Å². The van der Waals surface area contributed by atoms with E-state index in [1.54, 1.807) is 0 Å². The number of carboxylic acids is 1. The molecule has 0 aromatic rings. The van der Waals surface area contributed by atoms with Gasteiger partial charge < -0.3 is 9.84 Å². The Morgan fingerprint density at radius 1 is 1.32 bits per heavy atom. The molecule has 0 aromatic heterocycles. The van der Waals surface area contributed by atoms with Gasteiger partial charge >= 0.3 is 11.9 Å². The Morgan fingerprint density at radius 2 is 1.91 bits per heavy atom. The largest absolute Gasteiger partial charge is 0.480 e. The van der Waals surface area contributed by atoms with Crippen molar-refractivity contribution in [3.8, 4) is 0 Å². The highest BCUT2D eigenvalue weighted by atomic mass is 32.2. The minimum atomic E-state index is -3.88. The molecule has 2 N–H and O–H groups in total. The zero-order valence-corrected chi connectivity index (χ0v) is 13.9. The number of sulfonamides is 1. The van der Waals surface area contributed by atoms with Crippen molar-refractivity contribution in [2.24, 2.45) is 5.41 Å². The van der Waals surface area contributed by atoms with Crippen LogP contribution in [0.5, 0.6) is 0 Å². The third kappa shape index (κ3) is 4.95. The molecule has 8 heteroatoms. The van der Waals surface area contributed by atoms with Crippen LogP contribution < -0.4 is 4.72 Å². The van der Waals surface area contributed by atoms with E-state index in [4.69, 9.17) is 9.84 Å². The Kier molecular flexibility index (Phi) is 6.80. The van der Waals surface area contributed by atoms with Gasteiger partial charge in [0.25, 0.3) is 0 Å². The van der Waals surface area contributed by atoms with Crippen molar-refractivity contribution in [1.82, 2.24) is 4.72 Å². The average Bonchev–Trinajstić information content (AvgIpc) is 2.91. The molecule has 1 atom stereocenters. The molecule has 1 aliphatic carbocycles. The van der Waals surface area contributed by atoms with Gasteiger partial charge in [-0.3, -0.25) is 9.59 Å². The van der Waals surface area contributed by atoms with E-state index in [1.807, 2.05) is 6.92 Å². The lowest BCUT2D eigenvalue weighted by atomic mass is 9.89. The van der Waals surface area contributed by atoms with Gasteiger partial charge in [0.1, 0.15) is 6.04 Å². The molecule has 0 saturated heterocycles. The average molecular weight is 335 g/mol. The second-order valence-corrected chi connectivity index (χ2v) is 7.64. The lowest BCUT2D eigenvalue weighted by Crippen LogP contribution is -2.46. The molecule has 128 valence electrons. The molecule has 0 amide bonds. The van der Waals surface area contributed by atoms with E-state index in [9.17, 15) is 18.0 Å². The smallest absolute Gasteiger partial charge is 0.321 e. The number of aliphatic carboxylic acids is 1. The normalized spacial score (nSPS) is 18.8. The number of nitrogens with one attached hydrogen (secondary N) is 1. The molecular weight excluding hydrogens is 310 g/mol. The maximum atomic E-state index is 12.3. The van der Waals surface area contributed by atoms with Crippen LogP contribution in [0, 0.1) is 5.41 Å². The van der Waals surface area contributed by atoms with Gasteiger partial charge in [-0.1, -0.05) is 32.6 Å². The van der Waals surface area contributed by atoms with Crippen molar-refractivity contribution in [3.63, 3.8) is 0 Å². The Hall–Kier alpha value is -1.15. The maximum absolute atomic E-state index is 12.3. The predicted octanol–water partition coefficient (Wildman–Crippen LogP) is 1.28. The van der Waals surface area contributed by atoms with Crippen molar-refractivity contribution in [2.45, 2.75) is 57.9 Å². The van der Waals surface area contributed by atoms with Crippen LogP contribution in [0.1, 0.15) is 51.9 Å². The minimum Gasteiger partial charge on any atom is -0.480 e. The fraction of sp³-hybridized carbons (Fsp3) is 0.857. The summed E-state index contributed by atoms with van der Waals surface area (Å²) >= 11 is 0. The molecule has 1 fully saturated rings. The fourth-order valence-electron chi connectivity index (χ4n) is 2.94. The molecule has 1 saturated carbocycles. The van der Waals surface area contributed by atoms with E-state index in [2.05, 4.69) is 4.72 Å². The van der Waals surface area contributed by atoms with Gasteiger partial charge in [0.2, 0.25) is 10.0 Å². The first-order chi connectivity index (χ1) is 10.3. The van der Waals surface area contributed by atoms with Crippen LogP contribution in [0.2, 0.25) is 0 Å². The SMILES string of the molecule is CCCC[C@H](NS(=O)(=O)CC1(C(=O)OC)CCCC1)C(=O)O. The summed E-state index contributed by atoms with van der Waals surface area (Å²) in [5.41, 5.74) is -1.05. The topological polar surface area (TPSA) is 110 Å². The zero-order valence-electron chi connectivity index (χ0n) is 13.1. The van der Waals surface area contributed by atoms with Crippen LogP contribution in [-0.2, 0) is 24.3 Å². The zero-order chi connectivity index (χ0) is 16.8. The molecular formula is C14H25NO6S. The van der Waals surface area contributed by atoms with E-state index in [0.29, 0.717) is 19.3 Å². The third-order valence-corrected chi connectivity index (χ3v) is 5.69. The molecule has 1 aliphatic rings. The minimum absolute atomic E-state index is 0.232. The van der Waals surface area contributed by atoms with E-state index in [1.165, 1.54) is 7.11 Å². The molecule has 0 spiro atoms. The van der Waals surface area contributed by atoms with Crippen LogP contribution in [-0.4, -0.2) is 44.4 Å². The van der Waals surface area contributed by atoms with Gasteiger partial charge in [-0.15, -0.1) is 0 Å². The van der Waals surface area contributed by atoms with Gasteiger partial charge in [-0.2, -0.15) is 0 Å². The molecule has 0 radical (unpaired) electrons. The summed E-state index contributed by atoms with van der Waals surface area (Å²) in [5, 5.41) is 9.13. The summed E-state index contributed by atoms with van der Waals surface area (Å²) in [6, 6.07) is -1.15. The monoisotopic (exact) mass is 335 g/mol. The Balaban J connectivity index is 2.84. The predicted molar refractivity (Wildman–Crippen MR) is 80.8 cm³/mol. The number of carbonyl (C=O) groups is 2. The standard InChI is InChI=1S/C14H25NO6S/c1-3-4-7-11(12(16)17)15-22(19,20)10-14(13(18)21-2)8-5-6-9-14/h11,15H,3-10H2,1-2H3,(H,16,17)/t11-/m0/s1. The Labute approximate surface area is 131 Å². The highest BCUT2D eigenvalue weighted by Gasteiger charge is 2.46. The van der Waals surface area contributed by atoms with Crippen molar-refractivity contribution < 1.29 is 27.9 Å². The Bertz CT molecular complexity index is 495. The van der Waals surface area contributed by atoms with Crippen molar-refractivity contribution >= 4 is 22.0 Å². The van der Waals surface area contributed by atoms with Gasteiger partial charge in [0, 0.05) is 0 Å². The molecule has 1 rings (SSSR count). The van der Waals surface area contributed by atoms with E-state index in [-0.39, 0.29) is 6.42 Å². The summed E-state index contributed by atoms with van der Waals surface area (Å²) in [7, 11) is -2.65. The summed E-state index contributed by atoms with van der Waals surface area (Å²) in [5.74, 6) is -2.14. The number of esters is 1. The molecule has 22 heavy (non-hydrogen) atoms. The van der Waals surface area contributed by atoms with Crippen molar-refractivity contribution in [1.29, 1.82) is 0 Å². The quantitative estimate of drug-likeness (QED) is 0.614. The van der Waals surface area contributed by atoms with Crippen LogP contribution in [0.3, 0.4) is 0 Å². The summed E-state index contributed by atoms with van der Waals surface area (Å²) in [6.45, 7) is 1.90. The van der Waals surface area contributed by atoms with Gasteiger partial charge in [0.05, 0.1) is 18.3 Å². The van der Waals surface area contributed by atoms with Gasteiger partial charge in [-0.05, 0) is 19.3 Å². The molecule has 0 heterocycles. The number of carboxylic acid groups (broad SMARTS) is 1. The van der Waals surface area contributed by atoms with E-state index < -0.39 is 39.2 Å². The number of rotatable bonds is 9. The van der Waals surface area contributed by atoms with Crippen molar-refractivity contribution in [2.75, 3.05) is 12.9 Å². The van der Waals surface area contributed by atoms with Crippen molar-refractivity contribution in [3.05, 3.63) is 0 Å². The van der Waals surface area contributed by atoms with Gasteiger partial charge in [0.15, 0.2) is 0 Å². The lowest BCUT2D eigenvalue weighted by molar-refractivity contribution is -0.151. The van der Waals surface area contributed by atoms with Crippen LogP contribution in [0.25, 0.3) is 0 Å². The number of hydrogen-bond acceptors (Lipinski definition) is 5. The van der Waals surface area contributed by atoms with Crippen LogP contribution in [0.4, 0.5) is 0 Å². The second kappa shape index (κ2) is 7.92. The van der Waals surface area contributed by atoms with Crippen LogP contribution in [0.15, 0.2) is 0 Å². The summed E-state index contributed by atoms with van der Waals surface area (Å²) in [6.07, 6.45) is 4.06. The third-order valence-electron chi connectivity index (χ3n) is 4.11. The summed E-state index contributed by atoms with van der Waals surface area (Å²) in [4.78, 5) is 23.1. The fourth-order valence-corrected chi connectivity index (χ4v) is 4.81. The lowest BCUT2D eigenvalue weighted by Gasteiger charge is -2.26. The first-order valence-corrected chi connectivity index (χ1v) is 9.23.